The molecule has 1 heterocycles. The SMILES string of the molecule is CC(=O)N1CC(Nc2ccc(O)c(NC(=O)C3CCCCC3)c2)=CC1=O. The number of hydrogen-bond donors (Lipinski definition) is 3. The van der Waals surface area contributed by atoms with Crippen molar-refractivity contribution in [3.8, 4) is 5.75 Å². The fourth-order valence-corrected chi connectivity index (χ4v) is 3.36. The first-order valence-corrected chi connectivity index (χ1v) is 8.87. The number of rotatable bonds is 4. The van der Waals surface area contributed by atoms with Crippen LogP contribution in [0.15, 0.2) is 30.0 Å². The number of benzene rings is 1. The van der Waals surface area contributed by atoms with Gasteiger partial charge in [-0.1, -0.05) is 19.3 Å². The van der Waals surface area contributed by atoms with Crippen LogP contribution in [-0.4, -0.2) is 34.3 Å². The van der Waals surface area contributed by atoms with Gasteiger partial charge >= 0.3 is 0 Å². The summed E-state index contributed by atoms with van der Waals surface area (Å²) in [5, 5.41) is 15.9. The second kappa shape index (κ2) is 7.59. The van der Waals surface area contributed by atoms with Gasteiger partial charge in [-0.15, -0.1) is 0 Å². The van der Waals surface area contributed by atoms with E-state index in [1.807, 2.05) is 0 Å². The van der Waals surface area contributed by atoms with E-state index in [0.29, 0.717) is 17.1 Å². The highest BCUT2D eigenvalue weighted by atomic mass is 16.3. The molecule has 1 aliphatic heterocycles. The molecule has 1 aliphatic carbocycles. The standard InChI is InChI=1S/C19H23N3O4/c1-12(23)22-11-15(10-18(22)25)20-14-7-8-17(24)16(9-14)21-19(26)13-5-3-2-4-6-13/h7-10,13,20,24H,2-6,11H2,1H3,(H,21,26). The first-order chi connectivity index (χ1) is 12.4. The third-order valence-electron chi connectivity index (χ3n) is 4.81. The Labute approximate surface area is 152 Å². The highest BCUT2D eigenvalue weighted by molar-refractivity contribution is 6.03. The zero-order valence-electron chi connectivity index (χ0n) is 14.7. The molecule has 3 N–H and O–H groups in total. The molecule has 0 unspecified atom stereocenters. The Balaban J connectivity index is 1.68. The second-order valence-corrected chi connectivity index (χ2v) is 6.79. The summed E-state index contributed by atoms with van der Waals surface area (Å²) < 4.78 is 0. The maximum atomic E-state index is 12.4. The van der Waals surface area contributed by atoms with Crippen LogP contribution in [0.5, 0.6) is 5.75 Å². The molecule has 26 heavy (non-hydrogen) atoms. The monoisotopic (exact) mass is 357 g/mol. The Morgan fingerprint density at radius 3 is 2.58 bits per heavy atom. The number of imide groups is 1. The van der Waals surface area contributed by atoms with E-state index in [2.05, 4.69) is 10.6 Å². The van der Waals surface area contributed by atoms with E-state index in [-0.39, 0.29) is 35.9 Å². The van der Waals surface area contributed by atoms with E-state index in [9.17, 15) is 19.5 Å². The van der Waals surface area contributed by atoms with Crippen LogP contribution in [0.4, 0.5) is 11.4 Å². The van der Waals surface area contributed by atoms with Crippen molar-refractivity contribution in [1.82, 2.24) is 4.90 Å². The maximum absolute atomic E-state index is 12.4. The number of aromatic hydroxyl groups is 1. The van der Waals surface area contributed by atoms with E-state index in [4.69, 9.17) is 0 Å². The molecule has 2 aliphatic rings. The lowest BCUT2D eigenvalue weighted by molar-refractivity contribution is -0.138. The summed E-state index contributed by atoms with van der Waals surface area (Å²) in [7, 11) is 0. The number of nitrogens with one attached hydrogen (secondary N) is 2. The van der Waals surface area contributed by atoms with Crippen LogP contribution in [0.3, 0.4) is 0 Å². The molecule has 7 heteroatoms. The minimum atomic E-state index is -0.357. The smallest absolute Gasteiger partial charge is 0.255 e. The Bertz CT molecular complexity index is 766. The average molecular weight is 357 g/mol. The van der Waals surface area contributed by atoms with E-state index < -0.39 is 0 Å². The van der Waals surface area contributed by atoms with Crippen LogP contribution < -0.4 is 10.6 Å². The van der Waals surface area contributed by atoms with Crippen molar-refractivity contribution in [1.29, 1.82) is 0 Å². The number of hydrogen-bond acceptors (Lipinski definition) is 5. The Hall–Kier alpha value is -2.83. The van der Waals surface area contributed by atoms with Crippen molar-refractivity contribution in [2.24, 2.45) is 5.92 Å². The molecule has 0 bridgehead atoms. The Kier molecular flexibility index (Phi) is 5.25. The van der Waals surface area contributed by atoms with Gasteiger partial charge in [0.25, 0.3) is 5.91 Å². The van der Waals surface area contributed by atoms with Crippen molar-refractivity contribution < 1.29 is 19.5 Å². The van der Waals surface area contributed by atoms with Crippen LogP contribution in [-0.2, 0) is 14.4 Å². The number of amides is 3. The molecule has 0 aromatic heterocycles. The number of phenolic OH excluding ortho intramolecular Hbond substituents is 1. The quantitative estimate of drug-likeness (QED) is 0.568. The zero-order valence-corrected chi connectivity index (χ0v) is 14.7. The second-order valence-electron chi connectivity index (χ2n) is 6.79. The van der Waals surface area contributed by atoms with Gasteiger partial charge in [-0.2, -0.15) is 0 Å². The summed E-state index contributed by atoms with van der Waals surface area (Å²) in [5.41, 5.74) is 1.53. The van der Waals surface area contributed by atoms with Crippen LogP contribution >= 0.6 is 0 Å². The molecule has 0 radical (unpaired) electrons. The van der Waals surface area contributed by atoms with Gasteiger partial charge in [0.15, 0.2) is 0 Å². The third-order valence-corrected chi connectivity index (χ3v) is 4.81. The molecule has 0 spiro atoms. The molecule has 1 aromatic carbocycles. The number of phenols is 1. The number of carbonyl (C=O) groups excluding carboxylic acids is 3. The third kappa shape index (κ3) is 4.04. The first-order valence-electron chi connectivity index (χ1n) is 8.87. The number of nitrogens with zero attached hydrogens (tertiary/aromatic N) is 1. The van der Waals surface area contributed by atoms with Crippen LogP contribution in [0.25, 0.3) is 0 Å². The van der Waals surface area contributed by atoms with Crippen molar-refractivity contribution in [2.45, 2.75) is 39.0 Å². The normalized spacial score (nSPS) is 17.8. The number of anilines is 2. The summed E-state index contributed by atoms with van der Waals surface area (Å²) >= 11 is 0. The molecule has 3 amide bonds. The van der Waals surface area contributed by atoms with E-state index in [1.165, 1.54) is 25.5 Å². The lowest BCUT2D eigenvalue weighted by Crippen LogP contribution is -2.31. The molecule has 138 valence electrons. The van der Waals surface area contributed by atoms with E-state index in [0.717, 1.165) is 30.6 Å². The van der Waals surface area contributed by atoms with Crippen LogP contribution in [0.2, 0.25) is 0 Å². The lowest BCUT2D eigenvalue weighted by Gasteiger charge is -2.21. The predicted octanol–water partition coefficient (Wildman–Crippen LogP) is 2.60. The maximum Gasteiger partial charge on any atom is 0.255 e. The number of carbonyl (C=O) groups is 3. The molecular weight excluding hydrogens is 334 g/mol. The molecule has 0 saturated heterocycles. The van der Waals surface area contributed by atoms with Gasteiger partial charge in [-0.3, -0.25) is 19.3 Å². The minimum absolute atomic E-state index is 0.0125. The highest BCUT2D eigenvalue weighted by Gasteiger charge is 2.25. The topological polar surface area (TPSA) is 98.7 Å². The van der Waals surface area contributed by atoms with Gasteiger partial charge in [-0.25, -0.2) is 0 Å². The van der Waals surface area contributed by atoms with Gasteiger partial charge in [0.05, 0.1) is 12.2 Å². The van der Waals surface area contributed by atoms with Gasteiger partial charge in [-0.05, 0) is 31.0 Å². The fraction of sp³-hybridized carbons (Fsp3) is 0.421. The molecule has 1 fully saturated rings. The minimum Gasteiger partial charge on any atom is -0.506 e. The predicted molar refractivity (Wildman–Crippen MR) is 97.4 cm³/mol. The average Bonchev–Trinajstić information content (AvgIpc) is 2.99. The van der Waals surface area contributed by atoms with Crippen molar-refractivity contribution in [2.75, 3.05) is 17.2 Å². The first kappa shape index (κ1) is 18.0. The Morgan fingerprint density at radius 2 is 1.92 bits per heavy atom. The molecule has 0 atom stereocenters. The van der Waals surface area contributed by atoms with Crippen molar-refractivity contribution in [3.63, 3.8) is 0 Å². The highest BCUT2D eigenvalue weighted by Crippen LogP contribution is 2.30. The summed E-state index contributed by atoms with van der Waals surface area (Å²) in [6.45, 7) is 1.52. The van der Waals surface area contributed by atoms with Gasteiger partial charge in [0, 0.05) is 30.3 Å². The summed E-state index contributed by atoms with van der Waals surface area (Å²) in [6, 6.07) is 4.75. The molecule has 3 rings (SSSR count). The molecule has 1 saturated carbocycles. The van der Waals surface area contributed by atoms with E-state index >= 15 is 0 Å². The molecule has 1 aromatic rings. The fourth-order valence-electron chi connectivity index (χ4n) is 3.36. The molecule has 7 nitrogen and oxygen atoms in total. The van der Waals surface area contributed by atoms with Crippen LogP contribution in [0, 0.1) is 5.92 Å². The van der Waals surface area contributed by atoms with Crippen molar-refractivity contribution >= 4 is 29.1 Å². The molecular formula is C19H23N3O4. The van der Waals surface area contributed by atoms with Crippen molar-refractivity contribution in [3.05, 3.63) is 30.0 Å². The van der Waals surface area contributed by atoms with E-state index in [1.54, 1.807) is 12.1 Å². The Morgan fingerprint density at radius 1 is 1.19 bits per heavy atom. The summed E-state index contributed by atoms with van der Waals surface area (Å²) in [6.07, 6.45) is 6.40. The van der Waals surface area contributed by atoms with Crippen LogP contribution in [0.1, 0.15) is 39.0 Å². The van der Waals surface area contributed by atoms with Gasteiger partial charge in [0.1, 0.15) is 5.75 Å². The lowest BCUT2D eigenvalue weighted by atomic mass is 9.88. The largest absolute Gasteiger partial charge is 0.506 e. The zero-order chi connectivity index (χ0) is 18.7. The van der Waals surface area contributed by atoms with Gasteiger partial charge < -0.3 is 15.7 Å². The van der Waals surface area contributed by atoms with Gasteiger partial charge in [0.2, 0.25) is 11.8 Å². The summed E-state index contributed by atoms with van der Waals surface area (Å²) in [4.78, 5) is 36.7. The summed E-state index contributed by atoms with van der Waals surface area (Å²) in [5.74, 6) is -0.769.